The molecule has 9 heteroatoms. The molecule has 1 heterocycles. The first kappa shape index (κ1) is 31.2. The molecular formula is C37H42N2O6S. The molecule has 3 aromatic rings. The number of carbonyl (C=O) groups excluding carboxylic acids is 1. The highest BCUT2D eigenvalue weighted by molar-refractivity contribution is 7.99. The third-order valence-electron chi connectivity index (χ3n) is 10.5. The zero-order valence-corrected chi connectivity index (χ0v) is 26.9. The van der Waals surface area contributed by atoms with Crippen molar-refractivity contribution in [2.24, 2.45) is 23.7 Å². The van der Waals surface area contributed by atoms with Crippen LogP contribution in [-0.4, -0.2) is 39.6 Å². The minimum absolute atomic E-state index is 0.0199. The van der Waals surface area contributed by atoms with E-state index in [-0.39, 0.29) is 41.9 Å². The maximum absolute atomic E-state index is 13.1. The number of urea groups is 1. The van der Waals surface area contributed by atoms with Crippen molar-refractivity contribution < 1.29 is 29.3 Å². The molecule has 0 unspecified atom stereocenters. The van der Waals surface area contributed by atoms with Gasteiger partial charge in [0.25, 0.3) is 0 Å². The Bertz CT molecular complexity index is 1510. The fraction of sp³-hybridized carbons (Fsp3) is 0.459. The van der Waals surface area contributed by atoms with E-state index in [1.807, 2.05) is 60.7 Å². The van der Waals surface area contributed by atoms with Gasteiger partial charge in [0.05, 0.1) is 24.4 Å². The number of anilines is 1. The Kier molecular flexibility index (Phi) is 8.85. The number of ether oxygens (including phenoxy) is 2. The van der Waals surface area contributed by atoms with E-state index in [1.54, 1.807) is 23.9 Å². The van der Waals surface area contributed by atoms with Gasteiger partial charge >= 0.3 is 12.0 Å². The van der Waals surface area contributed by atoms with Gasteiger partial charge in [-0.15, -0.1) is 11.8 Å². The summed E-state index contributed by atoms with van der Waals surface area (Å²) in [5.41, 5.74) is 3.65. The molecule has 4 saturated carbocycles. The van der Waals surface area contributed by atoms with Crippen LogP contribution in [0.15, 0.2) is 77.7 Å². The van der Waals surface area contributed by atoms with Gasteiger partial charge in [-0.2, -0.15) is 0 Å². The van der Waals surface area contributed by atoms with E-state index in [2.05, 4.69) is 17.6 Å². The molecular weight excluding hydrogens is 600 g/mol. The van der Waals surface area contributed by atoms with Crippen LogP contribution in [0.2, 0.25) is 0 Å². The van der Waals surface area contributed by atoms with Crippen molar-refractivity contribution >= 4 is 29.4 Å². The van der Waals surface area contributed by atoms with Crippen molar-refractivity contribution in [3.05, 3.63) is 95.1 Å². The predicted molar refractivity (Wildman–Crippen MR) is 177 cm³/mol. The van der Waals surface area contributed by atoms with E-state index in [9.17, 15) is 19.8 Å². The molecule has 4 aliphatic carbocycles. The molecule has 0 spiro atoms. The van der Waals surface area contributed by atoms with Gasteiger partial charge in [0.2, 0.25) is 0 Å². The third kappa shape index (κ3) is 6.69. The normalized spacial score (nSPS) is 31.4. The second kappa shape index (κ2) is 13.0. The Morgan fingerprint density at radius 3 is 2.04 bits per heavy atom. The number of benzene rings is 3. The van der Waals surface area contributed by atoms with Crippen LogP contribution in [0.5, 0.6) is 0 Å². The highest BCUT2D eigenvalue weighted by Gasteiger charge is 2.51. The molecule has 5 aliphatic rings. The number of aliphatic hydroxyl groups is 1. The number of aromatic carboxylic acids is 1. The SMILES string of the molecule is C[C@@H]1[C@H](CSc2ccc(C(=O)O)cc2)O[C@H](c2ccc(NC(=O)NC34CC5CC(CC(C5)C3)C4)cc2)O[C@@H]1c1ccc(CO)cc1. The van der Waals surface area contributed by atoms with Crippen LogP contribution in [0.1, 0.15) is 84.9 Å². The second-order valence-corrected chi connectivity index (χ2v) is 15.0. The lowest BCUT2D eigenvalue weighted by Crippen LogP contribution is -2.60. The average Bonchev–Trinajstić information content (AvgIpc) is 3.04. The lowest BCUT2D eigenvalue weighted by atomic mass is 9.53. The molecule has 8 rings (SSSR count). The zero-order valence-electron chi connectivity index (χ0n) is 26.1. The topological polar surface area (TPSA) is 117 Å². The van der Waals surface area contributed by atoms with Crippen LogP contribution in [0, 0.1) is 23.7 Å². The van der Waals surface area contributed by atoms with Crippen molar-refractivity contribution in [2.75, 3.05) is 11.1 Å². The Labute approximate surface area is 274 Å². The van der Waals surface area contributed by atoms with Gasteiger partial charge in [-0.05, 0) is 104 Å². The smallest absolute Gasteiger partial charge is 0.335 e. The van der Waals surface area contributed by atoms with Gasteiger partial charge in [0.15, 0.2) is 6.29 Å². The summed E-state index contributed by atoms with van der Waals surface area (Å²) in [5, 5.41) is 25.2. The molecule has 46 heavy (non-hydrogen) atoms. The number of amides is 2. The molecule has 242 valence electrons. The van der Waals surface area contributed by atoms with E-state index in [0.29, 0.717) is 5.75 Å². The summed E-state index contributed by atoms with van der Waals surface area (Å²) in [5.74, 6) is 2.03. The molecule has 4 atom stereocenters. The summed E-state index contributed by atoms with van der Waals surface area (Å²) < 4.78 is 13.2. The van der Waals surface area contributed by atoms with E-state index in [1.165, 1.54) is 19.3 Å². The van der Waals surface area contributed by atoms with Crippen LogP contribution in [0.4, 0.5) is 10.5 Å². The van der Waals surface area contributed by atoms with Crippen LogP contribution in [0.25, 0.3) is 0 Å². The molecule has 4 N–H and O–H groups in total. The summed E-state index contributed by atoms with van der Waals surface area (Å²) in [4.78, 5) is 25.4. The molecule has 2 amide bonds. The quantitative estimate of drug-likeness (QED) is 0.178. The first-order valence-electron chi connectivity index (χ1n) is 16.4. The van der Waals surface area contributed by atoms with E-state index in [0.717, 1.165) is 64.3 Å². The summed E-state index contributed by atoms with van der Waals surface area (Å²) >= 11 is 1.62. The Hall–Kier alpha value is -3.37. The van der Waals surface area contributed by atoms with E-state index < -0.39 is 12.3 Å². The highest BCUT2D eigenvalue weighted by atomic mass is 32.2. The minimum atomic E-state index is -0.944. The van der Waals surface area contributed by atoms with Gasteiger partial charge in [-0.3, -0.25) is 0 Å². The van der Waals surface area contributed by atoms with Gasteiger partial charge in [0, 0.05) is 33.4 Å². The first-order chi connectivity index (χ1) is 22.3. The lowest BCUT2D eigenvalue weighted by Gasteiger charge is -2.56. The molecule has 1 saturated heterocycles. The second-order valence-electron chi connectivity index (χ2n) is 13.9. The maximum Gasteiger partial charge on any atom is 0.335 e. The predicted octanol–water partition coefficient (Wildman–Crippen LogP) is 7.55. The third-order valence-corrected chi connectivity index (χ3v) is 11.6. The van der Waals surface area contributed by atoms with Gasteiger partial charge in [-0.25, -0.2) is 9.59 Å². The highest BCUT2D eigenvalue weighted by Crippen LogP contribution is 2.55. The van der Waals surface area contributed by atoms with Gasteiger partial charge in [-0.1, -0.05) is 43.3 Å². The van der Waals surface area contributed by atoms with Crippen LogP contribution < -0.4 is 10.6 Å². The number of carbonyl (C=O) groups is 2. The van der Waals surface area contributed by atoms with Crippen molar-refractivity contribution in [3.8, 4) is 0 Å². The number of aliphatic hydroxyl groups excluding tert-OH is 1. The molecule has 1 aliphatic heterocycles. The standard InChI is InChI=1S/C37H42N2O6S/c1-22-32(21-46-31-12-8-28(9-13-31)34(41)42)44-35(45-33(22)27-4-2-23(20-40)3-5-27)29-6-10-30(11-7-29)38-36(43)39-37-17-24-14-25(18-37)16-26(15-24)19-37/h2-13,22,24-26,32-33,35,40H,14-21H2,1H3,(H,41,42)(H2,38,39,43)/t22-,24?,25?,26?,32+,33+,35+,37?/m1/s1. The zero-order chi connectivity index (χ0) is 31.8. The average molecular weight is 643 g/mol. The van der Waals surface area contributed by atoms with E-state index in [4.69, 9.17) is 9.47 Å². The Morgan fingerprint density at radius 2 is 1.46 bits per heavy atom. The van der Waals surface area contributed by atoms with Crippen molar-refractivity contribution in [2.45, 2.75) is 81.0 Å². The monoisotopic (exact) mass is 642 g/mol. The van der Waals surface area contributed by atoms with Crippen molar-refractivity contribution in [1.82, 2.24) is 5.32 Å². The number of thioether (sulfide) groups is 1. The number of carboxylic acid groups (broad SMARTS) is 1. The Morgan fingerprint density at radius 1 is 0.848 bits per heavy atom. The fourth-order valence-corrected chi connectivity index (χ4v) is 9.64. The van der Waals surface area contributed by atoms with Crippen LogP contribution in [-0.2, 0) is 16.1 Å². The molecule has 5 fully saturated rings. The number of carboxylic acids is 1. The van der Waals surface area contributed by atoms with Crippen molar-refractivity contribution in [1.29, 1.82) is 0 Å². The van der Waals surface area contributed by atoms with Crippen LogP contribution in [0.3, 0.4) is 0 Å². The van der Waals surface area contributed by atoms with Gasteiger partial charge in [0.1, 0.15) is 0 Å². The fourth-order valence-electron chi connectivity index (χ4n) is 8.57. The molecule has 3 aromatic carbocycles. The number of hydrogen-bond acceptors (Lipinski definition) is 6. The summed E-state index contributed by atoms with van der Waals surface area (Å²) in [7, 11) is 0. The molecule has 0 radical (unpaired) electrons. The van der Waals surface area contributed by atoms with Crippen molar-refractivity contribution in [3.63, 3.8) is 0 Å². The molecule has 8 nitrogen and oxygen atoms in total. The van der Waals surface area contributed by atoms with E-state index >= 15 is 0 Å². The number of hydrogen-bond donors (Lipinski definition) is 4. The molecule has 0 aromatic heterocycles. The molecule has 4 bridgehead atoms. The maximum atomic E-state index is 13.1. The number of rotatable bonds is 9. The van der Waals surface area contributed by atoms with Crippen LogP contribution >= 0.6 is 11.8 Å². The minimum Gasteiger partial charge on any atom is -0.478 e. The first-order valence-corrected chi connectivity index (χ1v) is 17.4. The summed E-state index contributed by atoms with van der Waals surface area (Å²) in [6, 6.07) is 22.3. The van der Waals surface area contributed by atoms with Gasteiger partial charge < -0.3 is 30.3 Å². The summed E-state index contributed by atoms with van der Waals surface area (Å²) in [6.07, 6.45) is 6.32. The number of nitrogens with one attached hydrogen (secondary N) is 2. The Balaban J connectivity index is 1.04. The lowest BCUT2D eigenvalue weighted by molar-refractivity contribution is -0.268. The summed E-state index contributed by atoms with van der Waals surface area (Å²) in [6.45, 7) is 2.10. The largest absolute Gasteiger partial charge is 0.478 e.